The van der Waals surface area contributed by atoms with Gasteiger partial charge in [-0.2, -0.15) is 0 Å². The van der Waals surface area contributed by atoms with Gasteiger partial charge in [-0.15, -0.1) is 10.2 Å². The van der Waals surface area contributed by atoms with Crippen LogP contribution in [0.15, 0.2) is 99.7 Å². The number of imidazole rings is 1. The van der Waals surface area contributed by atoms with Crippen LogP contribution in [0, 0.1) is 6.92 Å². The molecule has 168 valence electrons. The van der Waals surface area contributed by atoms with Crippen LogP contribution in [-0.4, -0.2) is 25.7 Å². The van der Waals surface area contributed by atoms with Gasteiger partial charge in [-0.25, -0.2) is 4.98 Å². The molecule has 0 saturated carbocycles. The minimum absolute atomic E-state index is 0.192. The first-order chi connectivity index (χ1) is 16.6. The molecule has 0 saturated heterocycles. The number of hydrogen-bond acceptors (Lipinski definition) is 6. The summed E-state index contributed by atoms with van der Waals surface area (Å²) in [5.74, 6) is 0.688. The van der Waals surface area contributed by atoms with Crippen LogP contribution < -0.4 is 5.32 Å². The summed E-state index contributed by atoms with van der Waals surface area (Å²) in [6.45, 7) is 2.00. The van der Waals surface area contributed by atoms with Gasteiger partial charge in [0.1, 0.15) is 0 Å². The molecule has 1 N–H and O–H groups in total. The Bertz CT molecular complexity index is 1440. The highest BCUT2D eigenvalue weighted by Crippen LogP contribution is 2.28. The van der Waals surface area contributed by atoms with Gasteiger partial charge in [0.05, 0.1) is 0 Å². The highest BCUT2D eigenvalue weighted by atomic mass is 32.2. The lowest BCUT2D eigenvalue weighted by Crippen LogP contribution is -2.11. The Labute approximate surface area is 200 Å². The molecule has 2 aromatic heterocycles. The van der Waals surface area contributed by atoms with Crippen LogP contribution in [0.3, 0.4) is 0 Å². The third-order valence-corrected chi connectivity index (χ3v) is 6.38. The Morgan fingerprint density at radius 3 is 2.38 bits per heavy atom. The van der Waals surface area contributed by atoms with Crippen molar-refractivity contribution in [3.8, 4) is 22.9 Å². The van der Waals surface area contributed by atoms with E-state index in [-0.39, 0.29) is 5.91 Å². The molecule has 0 aliphatic heterocycles. The molecule has 7 nitrogen and oxygen atoms in total. The van der Waals surface area contributed by atoms with Crippen LogP contribution in [-0.2, 0) is 7.05 Å². The Balaban J connectivity index is 1.24. The number of nitrogens with zero attached hydrogens (tertiary/aromatic N) is 4. The standard InChI is InChI=1S/C26H21N5O2S/c1-17-5-3-4-6-22(17)25-30-29-24(33-25)19-9-7-18(8-10-19)23(32)28-20-11-13-21(14-12-20)34-26-27-15-16-31(26)2/h3-16H,1-2H3,(H,28,32). The molecule has 0 fully saturated rings. The predicted octanol–water partition coefficient (Wildman–Crippen LogP) is 5.85. The van der Waals surface area contributed by atoms with Gasteiger partial charge < -0.3 is 14.3 Å². The molecule has 1 amide bonds. The summed E-state index contributed by atoms with van der Waals surface area (Å²) < 4.78 is 7.82. The number of rotatable bonds is 6. The number of hydrogen-bond donors (Lipinski definition) is 1. The molecule has 0 aliphatic rings. The molecule has 0 bridgehead atoms. The van der Waals surface area contributed by atoms with E-state index in [0.29, 0.717) is 17.3 Å². The first kappa shape index (κ1) is 21.7. The molecule has 3 aromatic carbocycles. The number of aromatic nitrogens is 4. The number of carbonyl (C=O) groups excluding carboxylic acids is 1. The molecular weight excluding hydrogens is 446 g/mol. The van der Waals surface area contributed by atoms with Gasteiger partial charge in [0.25, 0.3) is 5.91 Å². The monoisotopic (exact) mass is 467 g/mol. The lowest BCUT2D eigenvalue weighted by molar-refractivity contribution is 0.102. The Morgan fingerprint density at radius 1 is 0.941 bits per heavy atom. The Hall–Kier alpha value is -4.17. The van der Waals surface area contributed by atoms with Gasteiger partial charge in [-0.1, -0.05) is 30.0 Å². The molecule has 0 spiro atoms. The van der Waals surface area contributed by atoms with E-state index < -0.39 is 0 Å². The largest absolute Gasteiger partial charge is 0.416 e. The summed E-state index contributed by atoms with van der Waals surface area (Å²) >= 11 is 1.56. The number of aryl methyl sites for hydroxylation is 2. The SMILES string of the molecule is Cc1ccccc1-c1nnc(-c2ccc(C(=O)Nc3ccc(Sc4nccn4C)cc3)cc2)o1. The topological polar surface area (TPSA) is 85.8 Å². The van der Waals surface area contributed by atoms with E-state index >= 15 is 0 Å². The molecular formula is C26H21N5O2S. The fourth-order valence-corrected chi connectivity index (χ4v) is 4.19. The summed E-state index contributed by atoms with van der Waals surface area (Å²) in [7, 11) is 1.96. The van der Waals surface area contributed by atoms with E-state index in [1.165, 1.54) is 0 Å². The highest BCUT2D eigenvalue weighted by Gasteiger charge is 2.13. The Morgan fingerprint density at radius 2 is 1.68 bits per heavy atom. The lowest BCUT2D eigenvalue weighted by Gasteiger charge is -2.07. The zero-order valence-corrected chi connectivity index (χ0v) is 19.4. The number of benzene rings is 3. The summed E-state index contributed by atoms with van der Waals surface area (Å²) in [5, 5.41) is 12.2. The van der Waals surface area contributed by atoms with Gasteiger partial charge >= 0.3 is 0 Å². The van der Waals surface area contributed by atoms with Crippen LogP contribution >= 0.6 is 11.8 Å². The molecule has 0 unspecified atom stereocenters. The van der Waals surface area contributed by atoms with Gasteiger partial charge in [0.2, 0.25) is 11.8 Å². The van der Waals surface area contributed by atoms with Crippen LogP contribution in [0.25, 0.3) is 22.9 Å². The zero-order valence-electron chi connectivity index (χ0n) is 18.6. The third-order valence-electron chi connectivity index (χ3n) is 5.29. The smallest absolute Gasteiger partial charge is 0.255 e. The van der Waals surface area contributed by atoms with E-state index in [1.54, 1.807) is 42.2 Å². The van der Waals surface area contributed by atoms with Gasteiger partial charge in [-0.3, -0.25) is 4.79 Å². The average Bonchev–Trinajstić information content (AvgIpc) is 3.50. The number of nitrogens with one attached hydrogen (secondary N) is 1. The van der Waals surface area contributed by atoms with E-state index in [4.69, 9.17) is 4.42 Å². The highest BCUT2D eigenvalue weighted by molar-refractivity contribution is 7.99. The van der Waals surface area contributed by atoms with Crippen LogP contribution in [0.2, 0.25) is 0 Å². The maximum atomic E-state index is 12.7. The second kappa shape index (κ2) is 9.36. The summed E-state index contributed by atoms with van der Waals surface area (Å²) in [4.78, 5) is 18.0. The van der Waals surface area contributed by atoms with Gasteiger partial charge in [0.15, 0.2) is 5.16 Å². The normalized spacial score (nSPS) is 10.9. The third kappa shape index (κ3) is 4.62. The van der Waals surface area contributed by atoms with Crippen LogP contribution in [0.1, 0.15) is 15.9 Å². The number of amides is 1. The van der Waals surface area contributed by atoms with Crippen molar-refractivity contribution in [1.82, 2.24) is 19.7 Å². The number of carbonyl (C=O) groups is 1. The quantitative estimate of drug-likeness (QED) is 0.337. The van der Waals surface area contributed by atoms with Crippen LogP contribution in [0.4, 0.5) is 5.69 Å². The molecule has 0 aliphatic carbocycles. The van der Waals surface area contributed by atoms with Crippen molar-refractivity contribution < 1.29 is 9.21 Å². The van der Waals surface area contributed by atoms with Crippen molar-refractivity contribution in [3.05, 3.63) is 96.3 Å². The minimum Gasteiger partial charge on any atom is -0.416 e. The van der Waals surface area contributed by atoms with E-state index in [0.717, 1.165) is 32.4 Å². The Kier molecular flexibility index (Phi) is 5.97. The van der Waals surface area contributed by atoms with Gasteiger partial charge in [-0.05, 0) is 67.1 Å². The van der Waals surface area contributed by atoms with Crippen molar-refractivity contribution in [2.24, 2.45) is 7.05 Å². The van der Waals surface area contributed by atoms with E-state index in [1.807, 2.05) is 73.3 Å². The second-order valence-corrected chi connectivity index (χ2v) is 8.75. The molecule has 8 heteroatoms. The predicted molar refractivity (Wildman–Crippen MR) is 132 cm³/mol. The summed E-state index contributed by atoms with van der Waals surface area (Å²) in [6, 6.07) is 22.6. The summed E-state index contributed by atoms with van der Waals surface area (Å²) in [5.41, 5.74) is 3.97. The zero-order chi connectivity index (χ0) is 23.5. The summed E-state index contributed by atoms with van der Waals surface area (Å²) in [6.07, 6.45) is 3.67. The molecule has 2 heterocycles. The van der Waals surface area contributed by atoms with Crippen molar-refractivity contribution >= 4 is 23.4 Å². The first-order valence-electron chi connectivity index (χ1n) is 10.6. The molecule has 5 aromatic rings. The molecule has 34 heavy (non-hydrogen) atoms. The minimum atomic E-state index is -0.192. The average molecular weight is 468 g/mol. The van der Waals surface area contributed by atoms with Crippen molar-refractivity contribution in [2.75, 3.05) is 5.32 Å². The van der Waals surface area contributed by atoms with E-state index in [9.17, 15) is 4.79 Å². The van der Waals surface area contributed by atoms with Gasteiger partial charge in [0, 0.05) is 46.7 Å². The molecule has 0 radical (unpaired) electrons. The van der Waals surface area contributed by atoms with Crippen molar-refractivity contribution in [3.63, 3.8) is 0 Å². The maximum absolute atomic E-state index is 12.7. The second-order valence-electron chi connectivity index (χ2n) is 7.71. The molecule has 0 atom stereocenters. The fourth-order valence-electron chi connectivity index (χ4n) is 3.39. The maximum Gasteiger partial charge on any atom is 0.255 e. The van der Waals surface area contributed by atoms with Crippen molar-refractivity contribution in [1.29, 1.82) is 0 Å². The fraction of sp³-hybridized carbons (Fsp3) is 0.0769. The molecule has 5 rings (SSSR count). The lowest BCUT2D eigenvalue weighted by atomic mass is 10.1. The first-order valence-corrected chi connectivity index (χ1v) is 11.4. The van der Waals surface area contributed by atoms with E-state index in [2.05, 4.69) is 20.5 Å². The van der Waals surface area contributed by atoms with Crippen LogP contribution in [0.5, 0.6) is 0 Å². The number of anilines is 1. The van der Waals surface area contributed by atoms with Crippen molar-refractivity contribution in [2.45, 2.75) is 17.0 Å².